The molecule has 0 spiro atoms. The normalized spacial score (nSPS) is 12.7. The molecule has 6 heteroatoms. The molecular weight excluding hydrogens is 395 g/mol. The van der Waals surface area contributed by atoms with Crippen molar-refractivity contribution in [1.29, 1.82) is 0 Å². The van der Waals surface area contributed by atoms with E-state index in [-0.39, 0.29) is 42.1 Å². The molecule has 0 aromatic carbocycles. The predicted octanol–water partition coefficient (Wildman–Crippen LogP) is 4.54. The van der Waals surface area contributed by atoms with Gasteiger partial charge in [0.05, 0.1) is 6.61 Å². The number of unbranched alkanes of at least 4 members (excludes halogenated alkanes) is 15. The molecule has 0 saturated heterocycles. The molecule has 29 heavy (non-hydrogen) atoms. The Labute approximate surface area is 204 Å². The average molecular weight is 443 g/mol. The van der Waals surface area contributed by atoms with Crippen molar-refractivity contribution >= 4 is 10.4 Å². The van der Waals surface area contributed by atoms with Crippen LogP contribution in [0.15, 0.2) is 0 Å². The molecule has 0 heterocycles. The van der Waals surface area contributed by atoms with Crippen molar-refractivity contribution in [1.82, 2.24) is 0 Å². The molecule has 4 nitrogen and oxygen atoms in total. The Balaban J connectivity index is 0. The van der Waals surface area contributed by atoms with Gasteiger partial charge in [0, 0.05) is 0 Å². The second kappa shape index (κ2) is 23.5. The third kappa shape index (κ3) is 26.8. The Bertz CT molecular complexity index is 415. The fourth-order valence-electron chi connectivity index (χ4n) is 3.80. The van der Waals surface area contributed by atoms with E-state index in [1.165, 1.54) is 96.3 Å². The van der Waals surface area contributed by atoms with Gasteiger partial charge in [0.25, 0.3) is 0 Å². The summed E-state index contributed by atoms with van der Waals surface area (Å²) in [4.78, 5) is 0. The first-order valence-electron chi connectivity index (χ1n) is 12.1. The van der Waals surface area contributed by atoms with Crippen LogP contribution in [0.2, 0.25) is 0 Å². The van der Waals surface area contributed by atoms with E-state index in [9.17, 15) is 13.0 Å². The molecule has 0 aromatic heterocycles. The van der Waals surface area contributed by atoms with Crippen molar-refractivity contribution in [3.05, 3.63) is 0 Å². The molecule has 1 unspecified atom stereocenters. The first-order valence-corrected chi connectivity index (χ1v) is 13.4. The van der Waals surface area contributed by atoms with E-state index in [1.807, 2.05) is 0 Å². The van der Waals surface area contributed by atoms with Crippen LogP contribution in [0.25, 0.3) is 0 Å². The average Bonchev–Trinajstić information content (AvgIpc) is 2.65. The maximum atomic E-state index is 10.7. The Morgan fingerprint density at radius 1 is 0.621 bits per heavy atom. The van der Waals surface area contributed by atoms with Crippen LogP contribution in [0.3, 0.4) is 0 Å². The van der Waals surface area contributed by atoms with Crippen molar-refractivity contribution in [3.63, 3.8) is 0 Å². The summed E-state index contributed by atoms with van der Waals surface area (Å²) < 4.78 is 36.8. The molecule has 0 saturated carbocycles. The first-order chi connectivity index (χ1) is 13.5. The van der Waals surface area contributed by atoms with Crippen molar-refractivity contribution in [2.75, 3.05) is 6.61 Å². The molecule has 1 atom stereocenters. The smallest absolute Gasteiger partial charge is 0.726 e. The molecule has 0 amide bonds. The van der Waals surface area contributed by atoms with E-state index in [0.717, 1.165) is 25.7 Å². The molecule has 0 aliphatic carbocycles. The molecular formula is C23H47NaO4S. The number of hydrogen-bond acceptors (Lipinski definition) is 4. The van der Waals surface area contributed by atoms with Crippen molar-refractivity contribution in [2.24, 2.45) is 5.92 Å². The van der Waals surface area contributed by atoms with Gasteiger partial charge in [-0.1, -0.05) is 123 Å². The SMILES string of the molecule is CCCCCCCCCCCCCCC(CCCCCCC)COS(=O)(=O)[O-].[Na+]. The molecule has 170 valence electrons. The Morgan fingerprint density at radius 3 is 1.24 bits per heavy atom. The van der Waals surface area contributed by atoms with E-state index in [2.05, 4.69) is 18.0 Å². The minimum absolute atomic E-state index is 0. The van der Waals surface area contributed by atoms with E-state index >= 15 is 0 Å². The van der Waals surface area contributed by atoms with Gasteiger partial charge in [-0.3, -0.25) is 4.18 Å². The largest absolute Gasteiger partial charge is 1.00 e. The van der Waals surface area contributed by atoms with Crippen LogP contribution >= 0.6 is 0 Å². The van der Waals surface area contributed by atoms with Gasteiger partial charge in [-0.15, -0.1) is 0 Å². The summed E-state index contributed by atoms with van der Waals surface area (Å²) in [5, 5.41) is 0. The Hall–Kier alpha value is 0.870. The molecule has 0 rings (SSSR count). The molecule has 0 radical (unpaired) electrons. The Morgan fingerprint density at radius 2 is 0.931 bits per heavy atom. The van der Waals surface area contributed by atoms with Gasteiger partial charge in [-0.2, -0.15) is 0 Å². The third-order valence-electron chi connectivity index (χ3n) is 5.63. The van der Waals surface area contributed by atoms with Crippen molar-refractivity contribution in [2.45, 2.75) is 136 Å². The molecule has 0 bridgehead atoms. The van der Waals surface area contributed by atoms with Crippen LogP contribution < -0.4 is 29.6 Å². The second-order valence-electron chi connectivity index (χ2n) is 8.44. The minimum atomic E-state index is -4.56. The van der Waals surface area contributed by atoms with E-state index in [1.54, 1.807) is 0 Å². The molecule has 0 aliphatic rings. The minimum Gasteiger partial charge on any atom is -0.726 e. The van der Waals surface area contributed by atoms with Gasteiger partial charge in [0.2, 0.25) is 10.4 Å². The molecule has 0 aromatic rings. The molecule has 0 aliphatic heterocycles. The molecule has 0 N–H and O–H groups in total. The van der Waals surface area contributed by atoms with Gasteiger partial charge in [-0.05, 0) is 18.8 Å². The second-order valence-corrected chi connectivity index (χ2v) is 9.49. The van der Waals surface area contributed by atoms with Crippen LogP contribution in [0.5, 0.6) is 0 Å². The van der Waals surface area contributed by atoms with Gasteiger partial charge in [0.1, 0.15) is 0 Å². The summed E-state index contributed by atoms with van der Waals surface area (Å²) >= 11 is 0. The van der Waals surface area contributed by atoms with Crippen LogP contribution in [0, 0.1) is 5.92 Å². The van der Waals surface area contributed by atoms with Gasteiger partial charge < -0.3 is 4.55 Å². The quantitative estimate of drug-likeness (QED) is 0.107. The van der Waals surface area contributed by atoms with Crippen LogP contribution in [0.4, 0.5) is 0 Å². The zero-order valence-corrected chi connectivity index (χ0v) is 22.6. The van der Waals surface area contributed by atoms with Gasteiger partial charge in [-0.25, -0.2) is 8.42 Å². The summed E-state index contributed by atoms with van der Waals surface area (Å²) in [6.45, 7) is 4.52. The van der Waals surface area contributed by atoms with E-state index in [4.69, 9.17) is 0 Å². The maximum Gasteiger partial charge on any atom is 1.00 e. The van der Waals surface area contributed by atoms with Crippen LogP contribution in [-0.4, -0.2) is 19.6 Å². The summed E-state index contributed by atoms with van der Waals surface area (Å²) in [7, 11) is -4.56. The number of hydrogen-bond donors (Lipinski definition) is 0. The standard InChI is InChI=1S/C23H48O4S.Na/c1-3-5-7-9-10-11-12-13-14-15-17-19-21-23(22-27-28(24,25)26)20-18-16-8-6-4-2;/h23H,3-22H2,1-2H3,(H,24,25,26);/q;+1/p-1. The third-order valence-corrected chi connectivity index (χ3v) is 6.05. The summed E-state index contributed by atoms with van der Waals surface area (Å²) in [6, 6.07) is 0. The van der Waals surface area contributed by atoms with Crippen LogP contribution in [0.1, 0.15) is 136 Å². The van der Waals surface area contributed by atoms with E-state index < -0.39 is 10.4 Å². The summed E-state index contributed by atoms with van der Waals surface area (Å²) in [5.74, 6) is 0.202. The van der Waals surface area contributed by atoms with Crippen LogP contribution in [-0.2, 0) is 14.6 Å². The fourth-order valence-corrected chi connectivity index (χ4v) is 4.16. The maximum absolute atomic E-state index is 10.7. The summed E-state index contributed by atoms with van der Waals surface area (Å²) in [6.07, 6.45) is 23.8. The van der Waals surface area contributed by atoms with Gasteiger partial charge in [0.15, 0.2) is 0 Å². The Kier molecular flexibility index (Phi) is 26.0. The zero-order chi connectivity index (χ0) is 20.9. The fraction of sp³-hybridized carbons (Fsp3) is 1.00. The number of rotatable bonds is 22. The predicted molar refractivity (Wildman–Crippen MR) is 118 cm³/mol. The summed E-state index contributed by atoms with van der Waals surface area (Å²) in [5.41, 5.74) is 0. The topological polar surface area (TPSA) is 66.4 Å². The monoisotopic (exact) mass is 442 g/mol. The van der Waals surface area contributed by atoms with Crippen molar-refractivity contribution in [3.8, 4) is 0 Å². The van der Waals surface area contributed by atoms with Crippen molar-refractivity contribution < 1.29 is 46.7 Å². The first kappa shape index (κ1) is 32.1. The molecule has 0 fully saturated rings. The van der Waals surface area contributed by atoms with Gasteiger partial charge >= 0.3 is 29.6 Å². The zero-order valence-electron chi connectivity index (χ0n) is 19.8. The van der Waals surface area contributed by atoms with E-state index in [0.29, 0.717) is 0 Å².